The van der Waals surface area contributed by atoms with E-state index < -0.39 is 8.07 Å². The zero-order chi connectivity index (χ0) is 41.7. The van der Waals surface area contributed by atoms with Gasteiger partial charge in [-0.2, -0.15) is 0 Å². The minimum Gasteiger partial charge on any atom is -0.309 e. The van der Waals surface area contributed by atoms with Crippen LogP contribution in [0.3, 0.4) is 0 Å². The van der Waals surface area contributed by atoms with Gasteiger partial charge in [0.1, 0.15) is 0 Å². The third kappa shape index (κ3) is 6.00. The van der Waals surface area contributed by atoms with E-state index in [1.54, 1.807) is 0 Å². The zero-order valence-electron chi connectivity index (χ0n) is 34.6. The Balaban J connectivity index is 1.14. The van der Waals surface area contributed by atoms with E-state index in [0.717, 1.165) is 11.4 Å². The molecule has 12 aromatic rings. The van der Waals surface area contributed by atoms with Crippen LogP contribution in [0.4, 0.5) is 0 Å². The SMILES string of the molecule is c1ccc(-c2cccc(-c3ccc4c(c3)c3cc([Si](c5ccccc5)(c5ccccc5)c5ccccc5)ccc3n4-c3ccc4c(c3)c3ccccc3n4-c3ccccc3)c2)cc1. The van der Waals surface area contributed by atoms with Gasteiger partial charge in [-0.1, -0.05) is 194 Å². The van der Waals surface area contributed by atoms with E-state index in [1.165, 1.54) is 86.6 Å². The minimum atomic E-state index is -2.81. The third-order valence-electron chi connectivity index (χ3n) is 13.1. The number of benzene rings is 10. The van der Waals surface area contributed by atoms with Crippen LogP contribution in [0.1, 0.15) is 0 Å². The largest absolute Gasteiger partial charge is 0.309 e. The third-order valence-corrected chi connectivity index (χ3v) is 17.8. The first-order valence-electron chi connectivity index (χ1n) is 21.8. The molecule has 0 N–H and O–H groups in total. The Morgan fingerprint density at radius 1 is 0.222 bits per heavy atom. The van der Waals surface area contributed by atoms with Gasteiger partial charge in [0, 0.05) is 32.9 Å². The van der Waals surface area contributed by atoms with Gasteiger partial charge in [0.15, 0.2) is 8.07 Å². The molecule has 0 bridgehead atoms. The van der Waals surface area contributed by atoms with Crippen LogP contribution >= 0.6 is 0 Å². The van der Waals surface area contributed by atoms with Gasteiger partial charge in [-0.3, -0.25) is 0 Å². The number of hydrogen-bond acceptors (Lipinski definition) is 0. The Morgan fingerprint density at radius 3 is 1.29 bits per heavy atom. The lowest BCUT2D eigenvalue weighted by atomic mass is 9.98. The van der Waals surface area contributed by atoms with Crippen LogP contribution in [-0.2, 0) is 0 Å². The van der Waals surface area contributed by atoms with E-state index in [9.17, 15) is 0 Å². The molecule has 0 radical (unpaired) electrons. The Morgan fingerprint density at radius 2 is 0.651 bits per heavy atom. The molecule has 0 aliphatic rings. The summed E-state index contributed by atoms with van der Waals surface area (Å²) in [5.41, 5.74) is 11.9. The summed E-state index contributed by atoms with van der Waals surface area (Å²) in [6.45, 7) is 0. The molecule has 10 aromatic carbocycles. The highest BCUT2D eigenvalue weighted by Crippen LogP contribution is 2.39. The molecule has 12 rings (SSSR count). The second kappa shape index (κ2) is 15.2. The first kappa shape index (κ1) is 36.8. The molecular formula is C60H42N2Si. The molecular weight excluding hydrogens is 777 g/mol. The molecule has 63 heavy (non-hydrogen) atoms. The molecule has 0 spiro atoms. The highest BCUT2D eigenvalue weighted by Gasteiger charge is 2.41. The second-order valence-electron chi connectivity index (χ2n) is 16.5. The van der Waals surface area contributed by atoms with Gasteiger partial charge >= 0.3 is 0 Å². The quantitative estimate of drug-likeness (QED) is 0.107. The van der Waals surface area contributed by atoms with E-state index >= 15 is 0 Å². The summed E-state index contributed by atoms with van der Waals surface area (Å²) in [5.74, 6) is 0. The van der Waals surface area contributed by atoms with Crippen molar-refractivity contribution in [2.45, 2.75) is 0 Å². The van der Waals surface area contributed by atoms with Crippen molar-refractivity contribution in [2.75, 3.05) is 0 Å². The van der Waals surface area contributed by atoms with E-state index in [-0.39, 0.29) is 0 Å². The average molecular weight is 819 g/mol. The fourth-order valence-corrected chi connectivity index (χ4v) is 15.0. The molecule has 0 unspecified atom stereocenters. The maximum absolute atomic E-state index is 2.81. The minimum absolute atomic E-state index is 1.14. The second-order valence-corrected chi connectivity index (χ2v) is 20.3. The van der Waals surface area contributed by atoms with E-state index in [4.69, 9.17) is 0 Å². The van der Waals surface area contributed by atoms with Crippen molar-refractivity contribution in [2.24, 2.45) is 0 Å². The van der Waals surface area contributed by atoms with E-state index in [2.05, 4.69) is 264 Å². The maximum Gasteiger partial charge on any atom is 0.179 e. The average Bonchev–Trinajstić information content (AvgIpc) is 3.87. The van der Waals surface area contributed by atoms with E-state index in [0.29, 0.717) is 0 Å². The van der Waals surface area contributed by atoms with Gasteiger partial charge < -0.3 is 9.13 Å². The van der Waals surface area contributed by atoms with Gasteiger partial charge in [-0.15, -0.1) is 0 Å². The maximum atomic E-state index is 2.54. The summed E-state index contributed by atoms with van der Waals surface area (Å²) in [6, 6.07) is 94.3. The summed E-state index contributed by atoms with van der Waals surface area (Å²) in [6.07, 6.45) is 0. The van der Waals surface area contributed by atoms with Crippen LogP contribution in [0.2, 0.25) is 0 Å². The van der Waals surface area contributed by atoms with Crippen LogP contribution in [0.25, 0.3) is 77.2 Å². The van der Waals surface area contributed by atoms with Crippen molar-refractivity contribution >= 4 is 72.4 Å². The van der Waals surface area contributed by atoms with Crippen molar-refractivity contribution in [3.63, 3.8) is 0 Å². The zero-order valence-corrected chi connectivity index (χ0v) is 35.6. The number of rotatable bonds is 8. The lowest BCUT2D eigenvalue weighted by Gasteiger charge is -2.34. The highest BCUT2D eigenvalue weighted by atomic mass is 28.3. The molecule has 3 heteroatoms. The summed E-state index contributed by atoms with van der Waals surface area (Å²) in [7, 11) is -2.81. The molecule has 2 nitrogen and oxygen atoms in total. The monoisotopic (exact) mass is 818 g/mol. The Hall–Kier alpha value is -7.98. The number of fused-ring (bicyclic) bond motifs is 6. The summed E-state index contributed by atoms with van der Waals surface area (Å²) in [5, 5.41) is 10.4. The van der Waals surface area contributed by atoms with Gasteiger partial charge in [-0.25, -0.2) is 0 Å². The van der Waals surface area contributed by atoms with Crippen LogP contribution in [0.5, 0.6) is 0 Å². The topological polar surface area (TPSA) is 9.86 Å². The fraction of sp³-hybridized carbons (Fsp3) is 0. The Bertz CT molecular complexity index is 3500. The predicted octanol–water partition coefficient (Wildman–Crippen LogP) is 12.6. The van der Waals surface area contributed by atoms with Crippen molar-refractivity contribution in [1.82, 2.24) is 9.13 Å². The van der Waals surface area contributed by atoms with E-state index in [1.807, 2.05) is 0 Å². The molecule has 0 aliphatic heterocycles. The van der Waals surface area contributed by atoms with Gasteiger partial charge in [-0.05, 0) is 104 Å². The summed E-state index contributed by atoms with van der Waals surface area (Å²) >= 11 is 0. The van der Waals surface area contributed by atoms with Crippen molar-refractivity contribution in [3.8, 4) is 33.6 Å². The Kier molecular flexibility index (Phi) is 8.87. The van der Waals surface area contributed by atoms with Gasteiger partial charge in [0.25, 0.3) is 0 Å². The van der Waals surface area contributed by atoms with Crippen molar-refractivity contribution in [1.29, 1.82) is 0 Å². The number of aromatic nitrogens is 2. The van der Waals surface area contributed by atoms with Crippen LogP contribution in [0, 0.1) is 0 Å². The smallest absolute Gasteiger partial charge is 0.179 e. The molecule has 0 saturated carbocycles. The molecule has 296 valence electrons. The van der Waals surface area contributed by atoms with Gasteiger partial charge in [0.2, 0.25) is 0 Å². The summed E-state index contributed by atoms with van der Waals surface area (Å²) < 4.78 is 4.88. The first-order valence-corrected chi connectivity index (χ1v) is 23.8. The molecule has 0 fully saturated rings. The molecule has 0 amide bonds. The molecule has 2 heterocycles. The van der Waals surface area contributed by atoms with Crippen LogP contribution in [-0.4, -0.2) is 17.2 Å². The first-order chi connectivity index (χ1) is 31.3. The lowest BCUT2D eigenvalue weighted by molar-refractivity contribution is 1.17. The molecule has 2 aromatic heterocycles. The standard InChI is InChI=1S/C60H42N2Si/c1-6-19-43(20-7-1)44-21-18-22-45(39-44)46-33-36-58-54(40-46)56-42-52(63(49-25-10-3-11-26-49,50-27-12-4-13-28-50)51-29-14-5-15-30-51)35-38-60(56)62(58)48-34-37-59-55(41-48)53-31-16-17-32-57(53)61(59)47-23-8-2-9-24-47/h1-42H. The lowest BCUT2D eigenvalue weighted by Crippen LogP contribution is -2.74. The van der Waals surface area contributed by atoms with Gasteiger partial charge in [0.05, 0.1) is 22.1 Å². The summed E-state index contributed by atoms with van der Waals surface area (Å²) in [4.78, 5) is 0. The fourth-order valence-electron chi connectivity index (χ4n) is 10.2. The number of para-hydroxylation sites is 2. The molecule has 0 saturated heterocycles. The highest BCUT2D eigenvalue weighted by molar-refractivity contribution is 7.20. The number of hydrogen-bond donors (Lipinski definition) is 0. The van der Waals surface area contributed by atoms with Crippen LogP contribution in [0.15, 0.2) is 255 Å². The molecule has 0 atom stereocenters. The number of nitrogens with zero attached hydrogens (tertiary/aromatic N) is 2. The predicted molar refractivity (Wildman–Crippen MR) is 270 cm³/mol. The van der Waals surface area contributed by atoms with Crippen LogP contribution < -0.4 is 20.7 Å². The molecule has 0 aliphatic carbocycles. The van der Waals surface area contributed by atoms with Crippen molar-refractivity contribution < 1.29 is 0 Å². The van der Waals surface area contributed by atoms with Crippen molar-refractivity contribution in [3.05, 3.63) is 255 Å². The Labute approximate surface area is 368 Å². The normalized spacial score (nSPS) is 11.8.